The maximum atomic E-state index is 13.0. The Kier molecular flexibility index (Phi) is 5.14. The fourth-order valence-electron chi connectivity index (χ4n) is 3.31. The monoisotopic (exact) mass is 415 g/mol. The van der Waals surface area contributed by atoms with Gasteiger partial charge in [-0.1, -0.05) is 11.2 Å². The maximum absolute atomic E-state index is 13.0. The largest absolute Gasteiger partial charge is 0.403 e. The molecule has 1 aliphatic rings. The van der Waals surface area contributed by atoms with Crippen molar-refractivity contribution in [2.24, 2.45) is 0 Å². The predicted molar refractivity (Wildman–Crippen MR) is 103 cm³/mol. The fraction of sp³-hybridized carbons (Fsp3) is 0.250. The number of anilines is 1. The molecule has 0 saturated carbocycles. The molecule has 0 spiro atoms. The third-order valence-corrected chi connectivity index (χ3v) is 6.39. The Morgan fingerprint density at radius 1 is 1.03 bits per heavy atom. The molecule has 0 bridgehead atoms. The van der Waals surface area contributed by atoms with E-state index in [4.69, 9.17) is 4.42 Å². The second-order valence-corrected chi connectivity index (χ2v) is 8.85. The van der Waals surface area contributed by atoms with Gasteiger partial charge in [-0.3, -0.25) is 10.1 Å². The molecular formula is C20H18FN3O4S. The van der Waals surface area contributed by atoms with Gasteiger partial charge in [-0.05, 0) is 73.2 Å². The van der Waals surface area contributed by atoms with Gasteiger partial charge in [0.25, 0.3) is 0 Å². The predicted octanol–water partition coefficient (Wildman–Crippen LogP) is 3.17. The van der Waals surface area contributed by atoms with E-state index >= 15 is 0 Å². The highest BCUT2D eigenvalue weighted by Crippen LogP contribution is 2.27. The van der Waals surface area contributed by atoms with E-state index < -0.39 is 27.3 Å². The summed E-state index contributed by atoms with van der Waals surface area (Å²) in [6.45, 7) is 0. The van der Waals surface area contributed by atoms with Gasteiger partial charge in [0.2, 0.25) is 11.8 Å². The first-order valence-corrected chi connectivity index (χ1v) is 10.8. The number of nitrogens with zero attached hydrogens (tertiary/aromatic N) is 2. The molecule has 9 heteroatoms. The number of rotatable bonds is 5. The number of aromatic nitrogens is 2. The molecule has 1 aliphatic carbocycles. The number of carbonyl (C=O) groups is 1. The van der Waals surface area contributed by atoms with Crippen LogP contribution in [0.1, 0.15) is 24.0 Å². The summed E-state index contributed by atoms with van der Waals surface area (Å²) in [5.41, 5.74) is 3.32. The van der Waals surface area contributed by atoms with Crippen molar-refractivity contribution in [3.8, 4) is 11.5 Å². The molecule has 4 rings (SSSR count). The van der Waals surface area contributed by atoms with Gasteiger partial charge >= 0.3 is 6.01 Å². The van der Waals surface area contributed by atoms with Crippen LogP contribution in [-0.2, 0) is 27.5 Å². The molecular weight excluding hydrogens is 397 g/mol. The average molecular weight is 415 g/mol. The summed E-state index contributed by atoms with van der Waals surface area (Å²) in [4.78, 5) is 12.0. The molecule has 0 atom stereocenters. The molecule has 29 heavy (non-hydrogen) atoms. The summed E-state index contributed by atoms with van der Waals surface area (Å²) in [6.07, 6.45) is 4.39. The zero-order valence-electron chi connectivity index (χ0n) is 15.4. The molecule has 150 valence electrons. The molecule has 1 amide bonds. The quantitative estimate of drug-likeness (QED) is 0.642. The Balaban J connectivity index is 1.45. The van der Waals surface area contributed by atoms with Gasteiger partial charge in [0.05, 0.1) is 4.90 Å². The van der Waals surface area contributed by atoms with E-state index in [1.807, 2.05) is 18.2 Å². The van der Waals surface area contributed by atoms with Crippen LogP contribution in [0.4, 0.5) is 10.4 Å². The van der Waals surface area contributed by atoms with Crippen LogP contribution in [-0.4, -0.2) is 30.3 Å². The molecule has 0 saturated heterocycles. The minimum Gasteiger partial charge on any atom is -0.403 e. The Bertz CT molecular complexity index is 1160. The lowest BCUT2D eigenvalue weighted by Gasteiger charge is -2.15. The normalized spacial score (nSPS) is 13.7. The van der Waals surface area contributed by atoms with Crippen molar-refractivity contribution in [1.29, 1.82) is 0 Å². The number of aryl methyl sites for hydroxylation is 2. The minimum atomic E-state index is -3.92. The van der Waals surface area contributed by atoms with E-state index in [1.54, 1.807) is 0 Å². The number of nitrogens with one attached hydrogen (secondary N) is 1. The lowest BCUT2D eigenvalue weighted by Crippen LogP contribution is -2.23. The van der Waals surface area contributed by atoms with Gasteiger partial charge < -0.3 is 4.42 Å². The van der Waals surface area contributed by atoms with Crippen LogP contribution >= 0.6 is 0 Å². The van der Waals surface area contributed by atoms with E-state index in [1.165, 1.54) is 17.5 Å². The summed E-state index contributed by atoms with van der Waals surface area (Å²) < 4.78 is 42.9. The van der Waals surface area contributed by atoms with Crippen molar-refractivity contribution in [2.45, 2.75) is 30.6 Å². The van der Waals surface area contributed by atoms with Gasteiger partial charge in [-0.25, -0.2) is 12.8 Å². The van der Waals surface area contributed by atoms with E-state index in [2.05, 4.69) is 15.5 Å². The lowest BCUT2D eigenvalue weighted by molar-refractivity contribution is -0.114. The van der Waals surface area contributed by atoms with E-state index in [-0.39, 0.29) is 16.8 Å². The smallest absolute Gasteiger partial charge is 0.322 e. The summed E-state index contributed by atoms with van der Waals surface area (Å²) >= 11 is 0. The Hall–Kier alpha value is -3.07. The molecule has 0 aliphatic heterocycles. The number of amides is 1. The minimum absolute atomic E-state index is 0.144. The molecule has 0 fully saturated rings. The molecule has 7 nitrogen and oxygen atoms in total. The third-order valence-electron chi connectivity index (χ3n) is 4.76. The van der Waals surface area contributed by atoms with E-state index in [0.29, 0.717) is 0 Å². The van der Waals surface area contributed by atoms with E-state index in [0.717, 1.165) is 49.1 Å². The van der Waals surface area contributed by atoms with Crippen molar-refractivity contribution in [3.63, 3.8) is 0 Å². The number of halogens is 1. The van der Waals surface area contributed by atoms with Gasteiger partial charge in [0.1, 0.15) is 11.6 Å². The average Bonchev–Trinajstić information content (AvgIpc) is 3.15. The van der Waals surface area contributed by atoms with Crippen LogP contribution in [0.15, 0.2) is 51.8 Å². The number of hydrogen-bond donors (Lipinski definition) is 1. The van der Waals surface area contributed by atoms with Crippen LogP contribution in [0.3, 0.4) is 0 Å². The Morgan fingerprint density at radius 2 is 1.76 bits per heavy atom. The van der Waals surface area contributed by atoms with Crippen LogP contribution in [0, 0.1) is 5.82 Å². The van der Waals surface area contributed by atoms with Crippen LogP contribution in [0.5, 0.6) is 0 Å². The number of sulfone groups is 1. The highest BCUT2D eigenvalue weighted by Gasteiger charge is 2.21. The number of carbonyl (C=O) groups excluding carboxylic acids is 1. The highest BCUT2D eigenvalue weighted by atomic mass is 32.2. The molecule has 2 aromatic carbocycles. The Morgan fingerprint density at radius 3 is 2.52 bits per heavy atom. The molecule has 1 N–H and O–H groups in total. The first kappa shape index (κ1) is 19.3. The first-order valence-electron chi connectivity index (χ1n) is 9.14. The standard InChI is InChI=1S/C20H18FN3O4S/c21-16-7-9-17(10-8-16)29(26,27)12-18(25)22-20-24-23-19(28-20)15-6-5-13-3-1-2-4-14(13)11-15/h5-11H,1-4,12H2,(H,22,24,25). The number of hydrogen-bond acceptors (Lipinski definition) is 6. The lowest BCUT2D eigenvalue weighted by atomic mass is 9.90. The molecule has 1 aromatic heterocycles. The number of fused-ring (bicyclic) bond motifs is 1. The topological polar surface area (TPSA) is 102 Å². The second-order valence-electron chi connectivity index (χ2n) is 6.86. The van der Waals surface area contributed by atoms with Crippen molar-refractivity contribution in [2.75, 3.05) is 11.1 Å². The van der Waals surface area contributed by atoms with Crippen molar-refractivity contribution < 1.29 is 22.0 Å². The third kappa shape index (κ3) is 4.34. The fourth-order valence-corrected chi connectivity index (χ4v) is 4.44. The zero-order chi connectivity index (χ0) is 20.4. The molecule has 0 radical (unpaired) electrons. The highest BCUT2D eigenvalue weighted by molar-refractivity contribution is 7.92. The second kappa shape index (κ2) is 7.75. The SMILES string of the molecule is O=C(CS(=O)(=O)c1ccc(F)cc1)Nc1nnc(-c2ccc3c(c2)CCCC3)o1. The van der Waals surface area contributed by atoms with Gasteiger partial charge in [-0.2, -0.15) is 0 Å². The van der Waals surface area contributed by atoms with E-state index in [9.17, 15) is 17.6 Å². The van der Waals surface area contributed by atoms with Crippen LogP contribution in [0.25, 0.3) is 11.5 Å². The van der Waals surface area contributed by atoms with Gasteiger partial charge in [0.15, 0.2) is 9.84 Å². The zero-order valence-corrected chi connectivity index (χ0v) is 16.2. The molecule has 3 aromatic rings. The number of benzene rings is 2. The molecule has 1 heterocycles. The first-order chi connectivity index (χ1) is 13.9. The van der Waals surface area contributed by atoms with Crippen molar-refractivity contribution >= 4 is 21.8 Å². The summed E-state index contributed by atoms with van der Waals surface area (Å²) in [5, 5.41) is 10.00. The summed E-state index contributed by atoms with van der Waals surface area (Å²) in [5.74, 6) is -1.96. The van der Waals surface area contributed by atoms with Gasteiger partial charge in [0, 0.05) is 5.56 Å². The van der Waals surface area contributed by atoms with Crippen LogP contribution in [0.2, 0.25) is 0 Å². The molecule has 0 unspecified atom stereocenters. The summed E-state index contributed by atoms with van der Waals surface area (Å²) in [6, 6.07) is 10.0. The van der Waals surface area contributed by atoms with Crippen molar-refractivity contribution in [1.82, 2.24) is 10.2 Å². The Labute approximate surface area is 166 Å². The van der Waals surface area contributed by atoms with Crippen LogP contribution < -0.4 is 5.32 Å². The van der Waals surface area contributed by atoms with Gasteiger partial charge in [-0.15, -0.1) is 5.10 Å². The van der Waals surface area contributed by atoms with Crippen molar-refractivity contribution in [3.05, 3.63) is 59.4 Å². The summed E-state index contributed by atoms with van der Waals surface area (Å²) in [7, 11) is -3.92. The maximum Gasteiger partial charge on any atom is 0.322 e.